The highest BCUT2D eigenvalue weighted by Gasteiger charge is 2.27. The van der Waals surface area contributed by atoms with Crippen LogP contribution in [-0.2, 0) is 9.53 Å². The van der Waals surface area contributed by atoms with Gasteiger partial charge in [-0.2, -0.15) is 0 Å². The van der Waals surface area contributed by atoms with Gasteiger partial charge in [0, 0.05) is 23.0 Å². The van der Waals surface area contributed by atoms with E-state index in [1.54, 1.807) is 24.3 Å². The largest absolute Gasteiger partial charge is 0.444 e. The van der Waals surface area contributed by atoms with E-state index in [-0.39, 0.29) is 17.7 Å². The highest BCUT2D eigenvalue weighted by molar-refractivity contribution is 6.30. The summed E-state index contributed by atoms with van der Waals surface area (Å²) in [5, 5.41) is 3.33. The molecule has 154 valence electrons. The SMILES string of the molecule is CC(C)(C)OC(=O)NC[C@H]1CC[C@H](C(=O)NNC(=O)c2ccc(Cl)cc2)CC1. The molecule has 8 heteroatoms. The van der Waals surface area contributed by atoms with Crippen LogP contribution in [0.3, 0.4) is 0 Å². The van der Waals surface area contributed by atoms with Crippen LogP contribution in [0.4, 0.5) is 4.79 Å². The summed E-state index contributed by atoms with van der Waals surface area (Å²) in [6.45, 7) is 6.00. The van der Waals surface area contributed by atoms with E-state index in [1.165, 1.54) is 0 Å². The maximum absolute atomic E-state index is 12.3. The van der Waals surface area contributed by atoms with Gasteiger partial charge in [0.15, 0.2) is 0 Å². The van der Waals surface area contributed by atoms with Crippen LogP contribution in [0.5, 0.6) is 0 Å². The zero-order valence-corrected chi connectivity index (χ0v) is 17.3. The van der Waals surface area contributed by atoms with Crippen molar-refractivity contribution in [3.63, 3.8) is 0 Å². The van der Waals surface area contributed by atoms with Crippen molar-refractivity contribution in [3.8, 4) is 0 Å². The van der Waals surface area contributed by atoms with E-state index in [1.807, 2.05) is 20.8 Å². The van der Waals surface area contributed by atoms with Crippen molar-refractivity contribution >= 4 is 29.5 Å². The average Bonchev–Trinajstić information content (AvgIpc) is 2.64. The fourth-order valence-electron chi connectivity index (χ4n) is 3.06. The van der Waals surface area contributed by atoms with Crippen LogP contribution in [0.2, 0.25) is 5.02 Å². The van der Waals surface area contributed by atoms with Crippen molar-refractivity contribution in [3.05, 3.63) is 34.9 Å². The molecule has 0 aliphatic heterocycles. The van der Waals surface area contributed by atoms with Gasteiger partial charge in [-0.25, -0.2) is 4.79 Å². The number of ether oxygens (including phenoxy) is 1. The van der Waals surface area contributed by atoms with Gasteiger partial charge in [-0.3, -0.25) is 20.4 Å². The van der Waals surface area contributed by atoms with Gasteiger partial charge < -0.3 is 10.1 Å². The second kappa shape index (κ2) is 9.78. The lowest BCUT2D eigenvalue weighted by molar-refractivity contribution is -0.127. The summed E-state index contributed by atoms with van der Waals surface area (Å²) < 4.78 is 5.22. The predicted octanol–water partition coefficient (Wildman–Crippen LogP) is 3.43. The lowest BCUT2D eigenvalue weighted by Crippen LogP contribution is -2.45. The topological polar surface area (TPSA) is 96.5 Å². The number of carbonyl (C=O) groups is 3. The van der Waals surface area contributed by atoms with Crippen LogP contribution in [0.15, 0.2) is 24.3 Å². The molecular weight excluding hydrogens is 382 g/mol. The van der Waals surface area contributed by atoms with Crippen LogP contribution in [0.25, 0.3) is 0 Å². The Morgan fingerprint density at radius 2 is 1.64 bits per heavy atom. The van der Waals surface area contributed by atoms with E-state index in [0.29, 0.717) is 35.9 Å². The van der Waals surface area contributed by atoms with Gasteiger partial charge in [-0.05, 0) is 76.6 Å². The monoisotopic (exact) mass is 409 g/mol. The Hall–Kier alpha value is -2.28. The molecule has 0 unspecified atom stereocenters. The molecule has 0 radical (unpaired) electrons. The molecule has 0 aromatic heterocycles. The molecule has 1 aliphatic rings. The van der Waals surface area contributed by atoms with E-state index in [4.69, 9.17) is 16.3 Å². The van der Waals surface area contributed by atoms with Crippen molar-refractivity contribution in [2.75, 3.05) is 6.54 Å². The lowest BCUT2D eigenvalue weighted by Gasteiger charge is -2.28. The number of halogens is 1. The van der Waals surface area contributed by atoms with Crippen LogP contribution < -0.4 is 16.2 Å². The smallest absolute Gasteiger partial charge is 0.407 e. The molecule has 0 saturated heterocycles. The first-order chi connectivity index (χ1) is 13.1. The van der Waals surface area contributed by atoms with Crippen molar-refractivity contribution in [1.29, 1.82) is 0 Å². The van der Waals surface area contributed by atoms with Crippen LogP contribution in [-0.4, -0.2) is 30.1 Å². The van der Waals surface area contributed by atoms with Crippen LogP contribution in [0, 0.1) is 11.8 Å². The van der Waals surface area contributed by atoms with Crippen molar-refractivity contribution < 1.29 is 19.1 Å². The molecule has 3 amide bonds. The van der Waals surface area contributed by atoms with Crippen LogP contribution >= 0.6 is 11.6 Å². The van der Waals surface area contributed by atoms with Gasteiger partial charge in [0.25, 0.3) is 5.91 Å². The fraction of sp³-hybridized carbons (Fsp3) is 0.550. The third-order valence-corrected chi connectivity index (χ3v) is 4.81. The van der Waals surface area contributed by atoms with E-state index in [9.17, 15) is 14.4 Å². The summed E-state index contributed by atoms with van der Waals surface area (Å²) in [7, 11) is 0. The normalized spacial score (nSPS) is 19.4. The molecule has 0 atom stereocenters. The minimum absolute atomic E-state index is 0.150. The summed E-state index contributed by atoms with van der Waals surface area (Å²) in [4.78, 5) is 36.0. The van der Waals surface area contributed by atoms with E-state index in [2.05, 4.69) is 16.2 Å². The maximum Gasteiger partial charge on any atom is 0.407 e. The number of amides is 3. The lowest BCUT2D eigenvalue weighted by atomic mass is 9.81. The predicted molar refractivity (Wildman–Crippen MR) is 107 cm³/mol. The average molecular weight is 410 g/mol. The maximum atomic E-state index is 12.3. The van der Waals surface area contributed by atoms with E-state index in [0.717, 1.165) is 12.8 Å². The Morgan fingerprint density at radius 3 is 2.21 bits per heavy atom. The molecule has 0 bridgehead atoms. The van der Waals surface area contributed by atoms with Gasteiger partial charge in [0.2, 0.25) is 5.91 Å². The minimum atomic E-state index is -0.518. The molecule has 1 aliphatic carbocycles. The molecule has 1 saturated carbocycles. The second-order valence-corrected chi connectivity index (χ2v) is 8.49. The molecule has 28 heavy (non-hydrogen) atoms. The molecule has 2 rings (SSSR count). The third kappa shape index (κ3) is 7.38. The Morgan fingerprint density at radius 1 is 1.04 bits per heavy atom. The van der Waals surface area contributed by atoms with Gasteiger partial charge in [-0.15, -0.1) is 0 Å². The zero-order valence-electron chi connectivity index (χ0n) is 16.5. The third-order valence-electron chi connectivity index (χ3n) is 4.56. The summed E-state index contributed by atoms with van der Waals surface area (Å²) in [5.74, 6) is -0.412. The molecule has 0 heterocycles. The first-order valence-corrected chi connectivity index (χ1v) is 9.84. The Bertz CT molecular complexity index is 692. The van der Waals surface area contributed by atoms with Crippen molar-refractivity contribution in [2.24, 2.45) is 11.8 Å². The first kappa shape index (κ1) is 22.0. The molecule has 1 aromatic rings. The molecule has 7 nitrogen and oxygen atoms in total. The highest BCUT2D eigenvalue weighted by Crippen LogP contribution is 2.28. The van der Waals surface area contributed by atoms with Gasteiger partial charge in [0.1, 0.15) is 5.60 Å². The summed E-state index contributed by atoms with van der Waals surface area (Å²) >= 11 is 5.79. The molecule has 3 N–H and O–H groups in total. The summed E-state index contributed by atoms with van der Waals surface area (Å²) in [6, 6.07) is 6.41. The van der Waals surface area contributed by atoms with E-state index < -0.39 is 11.7 Å². The molecule has 1 fully saturated rings. The van der Waals surface area contributed by atoms with Gasteiger partial charge in [-0.1, -0.05) is 11.6 Å². The highest BCUT2D eigenvalue weighted by atomic mass is 35.5. The Kier molecular flexibility index (Phi) is 7.69. The minimum Gasteiger partial charge on any atom is -0.444 e. The number of hydrazine groups is 1. The summed E-state index contributed by atoms with van der Waals surface area (Å²) in [5.41, 5.74) is 4.83. The van der Waals surface area contributed by atoms with Crippen LogP contribution in [0.1, 0.15) is 56.8 Å². The number of alkyl carbamates (subject to hydrolysis) is 1. The second-order valence-electron chi connectivity index (χ2n) is 8.05. The Labute approximate surface area is 170 Å². The van der Waals surface area contributed by atoms with Crippen molar-refractivity contribution in [1.82, 2.24) is 16.2 Å². The zero-order chi connectivity index (χ0) is 20.7. The Balaban J connectivity index is 1.68. The first-order valence-electron chi connectivity index (χ1n) is 9.46. The number of rotatable bonds is 4. The van der Waals surface area contributed by atoms with Gasteiger partial charge in [0.05, 0.1) is 0 Å². The number of hydrogen-bond acceptors (Lipinski definition) is 4. The number of hydrogen-bond donors (Lipinski definition) is 3. The number of carbonyl (C=O) groups excluding carboxylic acids is 3. The van der Waals surface area contributed by atoms with Crippen molar-refractivity contribution in [2.45, 2.75) is 52.1 Å². The molecule has 0 spiro atoms. The standard InChI is InChI=1S/C20H28ClN3O4/c1-20(2,3)28-19(27)22-12-13-4-6-14(7-5-13)17(25)23-24-18(26)15-8-10-16(21)11-9-15/h8-11,13-14H,4-7,12H2,1-3H3,(H,22,27)(H,23,25)(H,24,26)/t13-,14-. The van der Waals surface area contributed by atoms with Gasteiger partial charge >= 0.3 is 6.09 Å². The molecule has 1 aromatic carbocycles. The number of benzene rings is 1. The summed E-state index contributed by atoms with van der Waals surface area (Å²) in [6.07, 6.45) is 2.67. The van der Waals surface area contributed by atoms with E-state index >= 15 is 0 Å². The quantitative estimate of drug-likeness (QED) is 0.663. The number of nitrogens with one attached hydrogen (secondary N) is 3. The molecular formula is C20H28ClN3O4. The fourth-order valence-corrected chi connectivity index (χ4v) is 3.19.